The fourth-order valence-corrected chi connectivity index (χ4v) is 7.80. The standard InChI is InChI=1S/C38H35BN2/c1-26-21-27(2)23-31(22-26)41-35-20-12-10-18-33(35)39-32-17-9-11-19-34(32)40(30-15-7-4-8-16-30)36-24-29(25-37(41)38(36)39)28-13-5-3-6-14-28/h4,7-12,15-25,28H,3,5-6,13-14H2,1-2H3. The largest absolute Gasteiger partial charge is 0.311 e. The minimum Gasteiger partial charge on any atom is -0.311 e. The van der Waals surface area contributed by atoms with Gasteiger partial charge in [-0.1, -0.05) is 79.9 Å². The molecule has 0 bridgehead atoms. The van der Waals surface area contributed by atoms with E-state index in [-0.39, 0.29) is 6.71 Å². The number of hydrogen-bond donors (Lipinski definition) is 0. The summed E-state index contributed by atoms with van der Waals surface area (Å²) < 4.78 is 0. The number of fused-ring (bicyclic) bond motifs is 4. The van der Waals surface area contributed by atoms with Crippen LogP contribution >= 0.6 is 0 Å². The van der Waals surface area contributed by atoms with E-state index in [1.165, 1.54) is 99.3 Å². The lowest BCUT2D eigenvalue weighted by Crippen LogP contribution is -2.61. The third-order valence-electron chi connectivity index (χ3n) is 9.46. The van der Waals surface area contributed by atoms with Gasteiger partial charge in [0.1, 0.15) is 0 Å². The molecule has 0 spiro atoms. The topological polar surface area (TPSA) is 6.48 Å². The number of hydrogen-bond acceptors (Lipinski definition) is 2. The van der Waals surface area contributed by atoms with Gasteiger partial charge in [-0.3, -0.25) is 0 Å². The molecule has 2 nitrogen and oxygen atoms in total. The molecular formula is C38H35BN2. The Morgan fingerprint density at radius 2 is 1.07 bits per heavy atom. The lowest BCUT2D eigenvalue weighted by atomic mass is 9.33. The number of nitrogens with zero attached hydrogens (tertiary/aromatic N) is 2. The Kier molecular flexibility index (Phi) is 5.81. The minimum absolute atomic E-state index is 0.190. The maximum atomic E-state index is 2.56. The van der Waals surface area contributed by atoms with Crippen molar-refractivity contribution in [3.63, 3.8) is 0 Å². The molecule has 5 aromatic carbocycles. The summed E-state index contributed by atoms with van der Waals surface area (Å²) in [6.07, 6.45) is 6.58. The molecule has 1 fully saturated rings. The first kappa shape index (κ1) is 24.6. The van der Waals surface area contributed by atoms with Crippen molar-refractivity contribution >= 4 is 57.2 Å². The Balaban J connectivity index is 1.48. The van der Waals surface area contributed by atoms with Crippen molar-refractivity contribution in [1.82, 2.24) is 0 Å². The molecule has 0 aromatic heterocycles. The maximum absolute atomic E-state index is 2.56. The second-order valence-corrected chi connectivity index (χ2v) is 12.2. The summed E-state index contributed by atoms with van der Waals surface area (Å²) in [5.74, 6) is 0.608. The smallest absolute Gasteiger partial charge is 0.252 e. The van der Waals surface area contributed by atoms with Crippen molar-refractivity contribution < 1.29 is 0 Å². The first-order valence-electron chi connectivity index (χ1n) is 15.3. The summed E-state index contributed by atoms with van der Waals surface area (Å²) in [5, 5.41) is 0. The Hall–Kier alpha value is -4.24. The molecule has 2 aliphatic heterocycles. The van der Waals surface area contributed by atoms with Crippen LogP contribution in [-0.2, 0) is 0 Å². The van der Waals surface area contributed by atoms with Crippen molar-refractivity contribution in [2.45, 2.75) is 51.9 Å². The van der Waals surface area contributed by atoms with Gasteiger partial charge in [0.15, 0.2) is 0 Å². The predicted octanol–water partition coefficient (Wildman–Crippen LogP) is 8.43. The highest BCUT2D eigenvalue weighted by Gasteiger charge is 2.43. The Morgan fingerprint density at radius 1 is 0.537 bits per heavy atom. The first-order chi connectivity index (χ1) is 20.2. The summed E-state index contributed by atoms with van der Waals surface area (Å²) >= 11 is 0. The molecule has 2 heterocycles. The molecule has 3 heteroatoms. The van der Waals surface area contributed by atoms with Gasteiger partial charge in [0.2, 0.25) is 0 Å². The third-order valence-corrected chi connectivity index (χ3v) is 9.46. The fourth-order valence-electron chi connectivity index (χ4n) is 7.80. The van der Waals surface area contributed by atoms with Gasteiger partial charge in [0.05, 0.1) is 0 Å². The molecule has 41 heavy (non-hydrogen) atoms. The van der Waals surface area contributed by atoms with E-state index in [2.05, 4.69) is 133 Å². The number of benzene rings is 5. The van der Waals surface area contributed by atoms with Crippen LogP contribution in [0.5, 0.6) is 0 Å². The van der Waals surface area contributed by atoms with Crippen molar-refractivity contribution in [1.29, 1.82) is 0 Å². The van der Waals surface area contributed by atoms with Crippen LogP contribution in [0, 0.1) is 13.8 Å². The zero-order valence-corrected chi connectivity index (χ0v) is 24.0. The third kappa shape index (κ3) is 3.94. The summed E-state index contributed by atoms with van der Waals surface area (Å²) in [4.78, 5) is 5.10. The number of rotatable bonds is 3. The lowest BCUT2D eigenvalue weighted by molar-refractivity contribution is 0.444. The van der Waals surface area contributed by atoms with Gasteiger partial charge in [0.25, 0.3) is 6.71 Å². The molecule has 5 aromatic rings. The lowest BCUT2D eigenvalue weighted by Gasteiger charge is -2.45. The molecule has 0 radical (unpaired) electrons. The van der Waals surface area contributed by atoms with E-state index < -0.39 is 0 Å². The molecule has 200 valence electrons. The number of anilines is 6. The van der Waals surface area contributed by atoms with Crippen molar-refractivity contribution in [2.24, 2.45) is 0 Å². The van der Waals surface area contributed by atoms with Crippen molar-refractivity contribution in [2.75, 3.05) is 9.80 Å². The van der Waals surface area contributed by atoms with E-state index in [1.807, 2.05) is 0 Å². The average molecular weight is 531 g/mol. The molecule has 1 saturated carbocycles. The van der Waals surface area contributed by atoms with Crippen LogP contribution < -0.4 is 26.2 Å². The number of aryl methyl sites for hydroxylation is 2. The highest BCUT2D eigenvalue weighted by atomic mass is 15.2. The Bertz CT molecular complexity index is 1750. The quantitative estimate of drug-likeness (QED) is 0.212. The summed E-state index contributed by atoms with van der Waals surface area (Å²) in [6.45, 7) is 4.63. The molecule has 0 atom stereocenters. The van der Waals surface area contributed by atoms with Crippen LogP contribution in [0.3, 0.4) is 0 Å². The van der Waals surface area contributed by atoms with E-state index in [0.717, 1.165) is 0 Å². The average Bonchev–Trinajstić information content (AvgIpc) is 3.01. The van der Waals surface area contributed by atoms with E-state index >= 15 is 0 Å². The summed E-state index contributed by atoms with van der Waals surface area (Å²) in [6, 6.07) is 41.3. The van der Waals surface area contributed by atoms with E-state index in [1.54, 1.807) is 0 Å². The minimum atomic E-state index is 0.190. The molecular weight excluding hydrogens is 495 g/mol. The van der Waals surface area contributed by atoms with Crippen LogP contribution in [0.1, 0.15) is 54.7 Å². The summed E-state index contributed by atoms with van der Waals surface area (Å²) in [7, 11) is 0. The fraction of sp³-hybridized carbons (Fsp3) is 0.211. The highest BCUT2D eigenvalue weighted by molar-refractivity contribution is 7.00. The predicted molar refractivity (Wildman–Crippen MR) is 176 cm³/mol. The maximum Gasteiger partial charge on any atom is 0.252 e. The SMILES string of the molecule is Cc1cc(C)cc(N2c3ccccc3B3c4ccccc4N(c4ccccc4)c4cc(C5CCCCC5)cc2c43)c1. The Morgan fingerprint density at radius 3 is 1.68 bits per heavy atom. The van der Waals surface area contributed by atoms with Crippen molar-refractivity contribution in [3.8, 4) is 0 Å². The first-order valence-corrected chi connectivity index (χ1v) is 15.3. The van der Waals surface area contributed by atoms with Gasteiger partial charge in [-0.15, -0.1) is 0 Å². The highest BCUT2D eigenvalue weighted by Crippen LogP contribution is 2.46. The van der Waals surface area contributed by atoms with Gasteiger partial charge < -0.3 is 9.80 Å². The van der Waals surface area contributed by atoms with Gasteiger partial charge in [-0.2, -0.15) is 0 Å². The second-order valence-electron chi connectivity index (χ2n) is 12.2. The Labute approximate surface area is 244 Å². The van der Waals surface area contributed by atoms with Crippen LogP contribution in [0.2, 0.25) is 0 Å². The zero-order valence-electron chi connectivity index (χ0n) is 24.0. The molecule has 0 amide bonds. The monoisotopic (exact) mass is 530 g/mol. The van der Waals surface area contributed by atoms with Crippen LogP contribution in [0.15, 0.2) is 109 Å². The van der Waals surface area contributed by atoms with Crippen molar-refractivity contribution in [3.05, 3.63) is 126 Å². The van der Waals surface area contributed by atoms with E-state index in [9.17, 15) is 0 Å². The summed E-state index contributed by atoms with van der Waals surface area (Å²) in [5.41, 5.74) is 16.0. The second kappa shape index (κ2) is 9.70. The molecule has 3 aliphatic rings. The zero-order chi connectivity index (χ0) is 27.5. The normalized spacial score (nSPS) is 15.8. The van der Waals surface area contributed by atoms with E-state index in [4.69, 9.17) is 0 Å². The van der Waals surface area contributed by atoms with Crippen LogP contribution in [0.4, 0.5) is 34.1 Å². The van der Waals surface area contributed by atoms with Crippen LogP contribution in [0.25, 0.3) is 0 Å². The molecule has 0 saturated heterocycles. The van der Waals surface area contributed by atoms with E-state index in [0.29, 0.717) is 5.92 Å². The van der Waals surface area contributed by atoms with Gasteiger partial charge >= 0.3 is 0 Å². The number of para-hydroxylation sites is 3. The van der Waals surface area contributed by atoms with Crippen LogP contribution in [-0.4, -0.2) is 6.71 Å². The molecule has 1 aliphatic carbocycles. The molecule has 8 rings (SSSR count). The molecule has 0 N–H and O–H groups in total. The molecule has 0 unspecified atom stereocenters. The van der Waals surface area contributed by atoms with Gasteiger partial charge in [-0.05, 0) is 114 Å². The van der Waals surface area contributed by atoms with Gasteiger partial charge in [0, 0.05) is 34.1 Å². The van der Waals surface area contributed by atoms with Gasteiger partial charge in [-0.25, -0.2) is 0 Å².